The molecule has 5 nitrogen and oxygen atoms in total. The molecule has 25 heavy (non-hydrogen) atoms. The number of rotatable bonds is 4. The third-order valence-electron chi connectivity index (χ3n) is 3.36. The van der Waals surface area contributed by atoms with Crippen LogP contribution < -0.4 is 10.9 Å². The predicted molar refractivity (Wildman–Crippen MR) is 99.5 cm³/mol. The largest absolute Gasteiger partial charge is 0.272 e. The van der Waals surface area contributed by atoms with Gasteiger partial charge in [-0.2, -0.15) is 0 Å². The minimum atomic E-state index is -0.465. The molecule has 0 atom stereocenters. The lowest BCUT2D eigenvalue weighted by Gasteiger charge is -2.08. The molecular weight excluding hydrogens is 358 g/mol. The summed E-state index contributed by atoms with van der Waals surface area (Å²) in [6, 6.07) is 18.2. The lowest BCUT2D eigenvalue weighted by Crippen LogP contribution is -2.42. The number of carbonyl (C=O) groups excluding carboxylic acids is 2. The fraction of sp³-hybridized carbons (Fsp3) is 0.0556. The SMILES string of the molecule is O=C(CSc1ccc2ccccc2n1)NNC(=O)c1ccccc1Cl. The van der Waals surface area contributed by atoms with Gasteiger partial charge in [-0.05, 0) is 24.3 Å². The van der Waals surface area contributed by atoms with Gasteiger partial charge in [0.05, 0.1) is 26.9 Å². The third kappa shape index (κ3) is 4.49. The van der Waals surface area contributed by atoms with Crippen molar-refractivity contribution in [3.8, 4) is 0 Å². The van der Waals surface area contributed by atoms with E-state index in [1.807, 2.05) is 36.4 Å². The molecule has 0 unspecified atom stereocenters. The molecule has 0 saturated heterocycles. The van der Waals surface area contributed by atoms with Gasteiger partial charge in [-0.3, -0.25) is 20.4 Å². The average molecular weight is 372 g/mol. The molecule has 0 aliphatic carbocycles. The molecule has 0 aliphatic rings. The quantitative estimate of drug-likeness (QED) is 0.544. The van der Waals surface area contributed by atoms with Gasteiger partial charge >= 0.3 is 0 Å². The molecule has 1 heterocycles. The number of para-hydroxylation sites is 1. The van der Waals surface area contributed by atoms with Gasteiger partial charge < -0.3 is 0 Å². The summed E-state index contributed by atoms with van der Waals surface area (Å²) in [5.41, 5.74) is 5.89. The molecule has 0 spiro atoms. The summed E-state index contributed by atoms with van der Waals surface area (Å²) in [7, 11) is 0. The van der Waals surface area contributed by atoms with Crippen LogP contribution in [0, 0.1) is 0 Å². The van der Waals surface area contributed by atoms with E-state index < -0.39 is 5.91 Å². The number of hydrazine groups is 1. The highest BCUT2D eigenvalue weighted by Gasteiger charge is 2.11. The van der Waals surface area contributed by atoms with E-state index >= 15 is 0 Å². The molecule has 0 radical (unpaired) electrons. The van der Waals surface area contributed by atoms with Crippen LogP contribution in [-0.4, -0.2) is 22.6 Å². The Morgan fingerprint density at radius 3 is 2.56 bits per heavy atom. The van der Waals surface area contributed by atoms with Crippen molar-refractivity contribution >= 4 is 46.1 Å². The van der Waals surface area contributed by atoms with E-state index in [-0.39, 0.29) is 11.7 Å². The van der Waals surface area contributed by atoms with Crippen LogP contribution in [0.25, 0.3) is 10.9 Å². The number of aromatic nitrogens is 1. The zero-order chi connectivity index (χ0) is 17.6. The van der Waals surface area contributed by atoms with Crippen LogP contribution in [0.1, 0.15) is 10.4 Å². The van der Waals surface area contributed by atoms with Gasteiger partial charge in [0.1, 0.15) is 0 Å². The second-order valence-corrected chi connectivity index (χ2v) is 6.52. The first kappa shape index (κ1) is 17.3. The molecule has 0 aliphatic heterocycles. The first-order valence-electron chi connectivity index (χ1n) is 7.46. The highest BCUT2D eigenvalue weighted by Crippen LogP contribution is 2.19. The first-order valence-corrected chi connectivity index (χ1v) is 8.82. The summed E-state index contributed by atoms with van der Waals surface area (Å²) in [6.45, 7) is 0. The lowest BCUT2D eigenvalue weighted by atomic mass is 10.2. The Kier molecular flexibility index (Phi) is 5.53. The molecule has 3 rings (SSSR count). The van der Waals surface area contributed by atoms with Gasteiger partial charge in [0.2, 0.25) is 5.91 Å². The standard InChI is InChI=1S/C18H14ClN3O2S/c19-14-7-3-2-6-13(14)18(24)22-21-16(23)11-25-17-10-9-12-5-1-4-8-15(12)20-17/h1-10H,11H2,(H,21,23)(H,22,24). The summed E-state index contributed by atoms with van der Waals surface area (Å²) in [5.74, 6) is -0.665. The van der Waals surface area contributed by atoms with Crippen molar-refractivity contribution in [1.29, 1.82) is 0 Å². The zero-order valence-corrected chi connectivity index (χ0v) is 14.6. The molecule has 3 aromatic rings. The highest BCUT2D eigenvalue weighted by atomic mass is 35.5. The van der Waals surface area contributed by atoms with Crippen LogP contribution in [0.3, 0.4) is 0 Å². The molecule has 0 fully saturated rings. The van der Waals surface area contributed by atoms with Crippen molar-refractivity contribution in [2.45, 2.75) is 5.03 Å². The van der Waals surface area contributed by atoms with Crippen molar-refractivity contribution in [3.63, 3.8) is 0 Å². The monoisotopic (exact) mass is 371 g/mol. The van der Waals surface area contributed by atoms with Crippen LogP contribution in [0.4, 0.5) is 0 Å². The van der Waals surface area contributed by atoms with E-state index in [4.69, 9.17) is 11.6 Å². The van der Waals surface area contributed by atoms with E-state index in [0.29, 0.717) is 10.6 Å². The molecule has 2 N–H and O–H groups in total. The Hall–Kier alpha value is -2.57. The molecule has 2 aromatic carbocycles. The fourth-order valence-electron chi connectivity index (χ4n) is 2.14. The van der Waals surface area contributed by atoms with E-state index in [1.54, 1.807) is 24.3 Å². The average Bonchev–Trinajstić information content (AvgIpc) is 2.64. The third-order valence-corrected chi connectivity index (χ3v) is 4.62. The number of pyridine rings is 1. The molecule has 0 saturated carbocycles. The van der Waals surface area contributed by atoms with Crippen molar-refractivity contribution in [2.75, 3.05) is 5.75 Å². The van der Waals surface area contributed by atoms with Crippen LogP contribution in [0.15, 0.2) is 65.7 Å². The van der Waals surface area contributed by atoms with Gasteiger partial charge in [-0.1, -0.05) is 59.8 Å². The van der Waals surface area contributed by atoms with E-state index in [2.05, 4.69) is 15.8 Å². The highest BCUT2D eigenvalue weighted by molar-refractivity contribution is 7.99. The van der Waals surface area contributed by atoms with Crippen molar-refractivity contribution in [2.24, 2.45) is 0 Å². The van der Waals surface area contributed by atoms with E-state index in [1.165, 1.54) is 11.8 Å². The molecular formula is C18H14ClN3O2S. The zero-order valence-electron chi connectivity index (χ0n) is 13.0. The fourth-order valence-corrected chi connectivity index (χ4v) is 3.04. The maximum Gasteiger partial charge on any atom is 0.271 e. The second-order valence-electron chi connectivity index (χ2n) is 5.11. The summed E-state index contributed by atoms with van der Waals surface area (Å²) >= 11 is 7.23. The normalized spacial score (nSPS) is 10.4. The smallest absolute Gasteiger partial charge is 0.271 e. The minimum Gasteiger partial charge on any atom is -0.272 e. The van der Waals surface area contributed by atoms with Gasteiger partial charge in [-0.25, -0.2) is 4.98 Å². The summed E-state index contributed by atoms with van der Waals surface area (Å²) < 4.78 is 0. The Labute approximate surface area is 153 Å². The predicted octanol–water partition coefficient (Wildman–Crippen LogP) is 3.44. The van der Waals surface area contributed by atoms with Crippen LogP contribution in [-0.2, 0) is 4.79 Å². The Balaban J connectivity index is 1.52. The number of hydrogen-bond acceptors (Lipinski definition) is 4. The second kappa shape index (κ2) is 8.00. The maximum absolute atomic E-state index is 12.0. The number of thioether (sulfide) groups is 1. The van der Waals surface area contributed by atoms with Crippen LogP contribution >= 0.6 is 23.4 Å². The Morgan fingerprint density at radius 1 is 0.960 bits per heavy atom. The molecule has 1 aromatic heterocycles. The number of fused-ring (bicyclic) bond motifs is 1. The molecule has 0 bridgehead atoms. The molecule has 126 valence electrons. The van der Waals surface area contributed by atoms with Crippen LogP contribution in [0.2, 0.25) is 5.02 Å². The molecule has 7 heteroatoms. The number of hydrogen-bond donors (Lipinski definition) is 2. The number of halogens is 1. The van der Waals surface area contributed by atoms with Gasteiger partial charge in [-0.15, -0.1) is 0 Å². The molecule has 2 amide bonds. The van der Waals surface area contributed by atoms with Gasteiger partial charge in [0.15, 0.2) is 0 Å². The first-order chi connectivity index (χ1) is 12.1. The minimum absolute atomic E-state index is 0.133. The van der Waals surface area contributed by atoms with Crippen molar-refractivity contribution < 1.29 is 9.59 Å². The summed E-state index contributed by atoms with van der Waals surface area (Å²) in [6.07, 6.45) is 0. The number of benzene rings is 2. The lowest BCUT2D eigenvalue weighted by molar-refractivity contribution is -0.119. The number of amides is 2. The van der Waals surface area contributed by atoms with Crippen LogP contribution in [0.5, 0.6) is 0 Å². The topological polar surface area (TPSA) is 71.1 Å². The Morgan fingerprint density at radius 2 is 1.72 bits per heavy atom. The number of nitrogens with zero attached hydrogens (tertiary/aromatic N) is 1. The Bertz CT molecular complexity index is 933. The van der Waals surface area contributed by atoms with E-state index in [0.717, 1.165) is 15.9 Å². The number of carbonyl (C=O) groups is 2. The van der Waals surface area contributed by atoms with Crippen molar-refractivity contribution in [1.82, 2.24) is 15.8 Å². The van der Waals surface area contributed by atoms with Crippen molar-refractivity contribution in [3.05, 3.63) is 71.2 Å². The maximum atomic E-state index is 12.0. The van der Waals surface area contributed by atoms with Gasteiger partial charge in [0.25, 0.3) is 5.91 Å². The summed E-state index contributed by atoms with van der Waals surface area (Å²) in [5, 5.41) is 2.11. The number of nitrogens with one attached hydrogen (secondary N) is 2. The van der Waals surface area contributed by atoms with Gasteiger partial charge in [0, 0.05) is 5.39 Å². The summed E-state index contributed by atoms with van der Waals surface area (Å²) in [4.78, 5) is 28.3. The van der Waals surface area contributed by atoms with E-state index in [9.17, 15) is 9.59 Å².